The molecule has 2 amide bonds. The fourth-order valence-corrected chi connectivity index (χ4v) is 4.21. The number of benzene rings is 2. The maximum absolute atomic E-state index is 13.7. The molecule has 7 nitrogen and oxygen atoms in total. The van der Waals surface area contributed by atoms with Crippen LogP contribution in [0.2, 0.25) is 0 Å². The van der Waals surface area contributed by atoms with Gasteiger partial charge >= 0.3 is 6.09 Å². The zero-order chi connectivity index (χ0) is 27.2. The molecule has 0 fully saturated rings. The van der Waals surface area contributed by atoms with Crippen LogP contribution in [0, 0.1) is 11.8 Å². The molecule has 2 rings (SSSR count). The van der Waals surface area contributed by atoms with E-state index in [1.165, 1.54) is 0 Å². The molecule has 36 heavy (non-hydrogen) atoms. The molecule has 0 aromatic heterocycles. The van der Waals surface area contributed by atoms with E-state index in [1.807, 2.05) is 70.2 Å². The summed E-state index contributed by atoms with van der Waals surface area (Å²) in [5, 5.41) is 24.3. The van der Waals surface area contributed by atoms with Crippen molar-refractivity contribution >= 4 is 22.8 Å². The Bertz CT molecular complexity index is 1020. The molecule has 2 aromatic rings. The molecule has 0 saturated heterocycles. The third kappa shape index (κ3) is 8.02. The first-order chi connectivity index (χ1) is 16.7. The van der Waals surface area contributed by atoms with Crippen LogP contribution < -0.4 is 5.73 Å². The largest absolute Gasteiger partial charge is 0.443 e. The van der Waals surface area contributed by atoms with Gasteiger partial charge in [0.25, 0.3) is 0 Å². The van der Waals surface area contributed by atoms with Gasteiger partial charge in [-0.15, -0.1) is 0 Å². The van der Waals surface area contributed by atoms with Crippen molar-refractivity contribution in [2.75, 3.05) is 0 Å². The van der Waals surface area contributed by atoms with E-state index in [9.17, 15) is 19.8 Å². The van der Waals surface area contributed by atoms with Crippen molar-refractivity contribution in [3.05, 3.63) is 48.0 Å². The Morgan fingerprint density at radius 3 is 2.19 bits per heavy atom. The molecule has 0 radical (unpaired) electrons. The SMILES string of the molecule is CC[C@H](C)[C@H](N)C(=O)N(C(=O)OC(C)(C)C)[C@@H](Cc1ccc2ccccc2c1)[C@@H](O)[C@@H](O)CC(C)C. The van der Waals surface area contributed by atoms with Crippen LogP contribution in [0.25, 0.3) is 10.8 Å². The topological polar surface area (TPSA) is 113 Å². The maximum atomic E-state index is 13.7. The first-order valence-corrected chi connectivity index (χ1v) is 12.9. The highest BCUT2D eigenvalue weighted by atomic mass is 16.6. The molecular formula is C29H44N2O5. The highest BCUT2D eigenvalue weighted by molar-refractivity contribution is 5.95. The van der Waals surface area contributed by atoms with Crippen molar-refractivity contribution < 1.29 is 24.5 Å². The Morgan fingerprint density at radius 2 is 1.64 bits per heavy atom. The van der Waals surface area contributed by atoms with Crippen LogP contribution in [0.5, 0.6) is 0 Å². The second kappa shape index (κ2) is 12.7. The van der Waals surface area contributed by atoms with Gasteiger partial charge in [0.1, 0.15) is 11.7 Å². The van der Waals surface area contributed by atoms with Crippen molar-refractivity contribution in [3.8, 4) is 0 Å². The minimum atomic E-state index is -1.39. The number of nitrogens with zero attached hydrogens (tertiary/aromatic N) is 1. The van der Waals surface area contributed by atoms with Crippen LogP contribution in [-0.2, 0) is 16.0 Å². The van der Waals surface area contributed by atoms with E-state index < -0.39 is 41.9 Å². The van der Waals surface area contributed by atoms with E-state index in [-0.39, 0.29) is 18.3 Å². The van der Waals surface area contributed by atoms with Crippen LogP contribution in [0.1, 0.15) is 66.9 Å². The van der Waals surface area contributed by atoms with Gasteiger partial charge in [0.15, 0.2) is 0 Å². The monoisotopic (exact) mass is 500 g/mol. The number of carbonyl (C=O) groups excluding carboxylic acids is 2. The minimum absolute atomic E-state index is 0.101. The molecule has 0 aliphatic rings. The third-order valence-corrected chi connectivity index (χ3v) is 6.46. The van der Waals surface area contributed by atoms with E-state index in [0.29, 0.717) is 12.8 Å². The third-order valence-electron chi connectivity index (χ3n) is 6.46. The predicted molar refractivity (Wildman–Crippen MR) is 143 cm³/mol. The number of ether oxygens (including phenoxy) is 1. The normalized spacial score (nSPS) is 16.3. The fraction of sp³-hybridized carbons (Fsp3) is 0.586. The number of hydrogen-bond donors (Lipinski definition) is 3. The van der Waals surface area contributed by atoms with Crippen LogP contribution in [-0.4, -0.2) is 57.0 Å². The molecule has 200 valence electrons. The molecule has 5 atom stereocenters. The number of fused-ring (bicyclic) bond motifs is 1. The summed E-state index contributed by atoms with van der Waals surface area (Å²) in [6, 6.07) is 11.7. The van der Waals surface area contributed by atoms with Gasteiger partial charge in [-0.2, -0.15) is 0 Å². The number of hydrogen-bond acceptors (Lipinski definition) is 6. The van der Waals surface area contributed by atoms with E-state index in [2.05, 4.69) is 0 Å². The minimum Gasteiger partial charge on any atom is -0.443 e. The highest BCUT2D eigenvalue weighted by Gasteiger charge is 2.42. The number of carbonyl (C=O) groups is 2. The summed E-state index contributed by atoms with van der Waals surface area (Å²) in [7, 11) is 0. The molecule has 0 spiro atoms. The van der Waals surface area contributed by atoms with Crippen molar-refractivity contribution in [2.24, 2.45) is 17.6 Å². The van der Waals surface area contributed by atoms with E-state index in [1.54, 1.807) is 20.8 Å². The first-order valence-electron chi connectivity index (χ1n) is 12.9. The number of aliphatic hydroxyl groups is 2. The molecule has 0 saturated carbocycles. The van der Waals surface area contributed by atoms with Gasteiger partial charge in [-0.1, -0.05) is 76.6 Å². The molecule has 4 N–H and O–H groups in total. The second-order valence-corrected chi connectivity index (χ2v) is 11.2. The average Bonchev–Trinajstić information content (AvgIpc) is 2.80. The summed E-state index contributed by atoms with van der Waals surface area (Å²) in [4.78, 5) is 28.1. The lowest BCUT2D eigenvalue weighted by Crippen LogP contribution is -2.60. The fourth-order valence-electron chi connectivity index (χ4n) is 4.21. The van der Waals surface area contributed by atoms with E-state index in [4.69, 9.17) is 10.5 Å². The van der Waals surface area contributed by atoms with Gasteiger partial charge in [0.2, 0.25) is 5.91 Å². The van der Waals surface area contributed by atoms with Gasteiger partial charge in [0.05, 0.1) is 18.2 Å². The summed E-state index contributed by atoms with van der Waals surface area (Å²) in [6.45, 7) is 12.8. The summed E-state index contributed by atoms with van der Waals surface area (Å²) in [5.41, 5.74) is 6.24. The molecule has 0 bridgehead atoms. The Kier molecular flexibility index (Phi) is 10.5. The molecule has 0 unspecified atom stereocenters. The number of amides is 2. The molecule has 0 aliphatic carbocycles. The Hall–Kier alpha value is -2.48. The van der Waals surface area contributed by atoms with Gasteiger partial charge in [-0.3, -0.25) is 4.79 Å². The lowest BCUT2D eigenvalue weighted by molar-refractivity contribution is -0.140. The zero-order valence-corrected chi connectivity index (χ0v) is 22.8. The quantitative estimate of drug-likeness (QED) is 0.437. The Morgan fingerprint density at radius 1 is 1.03 bits per heavy atom. The number of nitrogens with two attached hydrogens (primary N) is 1. The van der Waals surface area contributed by atoms with Crippen molar-refractivity contribution in [1.29, 1.82) is 0 Å². The highest BCUT2D eigenvalue weighted by Crippen LogP contribution is 2.25. The summed E-state index contributed by atoms with van der Waals surface area (Å²) in [6.07, 6.45) is -2.33. The van der Waals surface area contributed by atoms with Crippen molar-refractivity contribution in [3.63, 3.8) is 0 Å². The smallest absolute Gasteiger partial charge is 0.417 e. The van der Waals surface area contributed by atoms with Crippen molar-refractivity contribution in [2.45, 2.75) is 97.6 Å². The molecule has 2 aromatic carbocycles. The second-order valence-electron chi connectivity index (χ2n) is 11.2. The zero-order valence-electron chi connectivity index (χ0n) is 22.8. The van der Waals surface area contributed by atoms with Crippen LogP contribution in [0.3, 0.4) is 0 Å². The summed E-state index contributed by atoms with van der Waals surface area (Å²) in [5.74, 6) is -0.717. The predicted octanol–water partition coefficient (Wildman–Crippen LogP) is 4.66. The van der Waals surface area contributed by atoms with Crippen LogP contribution in [0.4, 0.5) is 4.79 Å². The summed E-state index contributed by atoms with van der Waals surface area (Å²) < 4.78 is 5.60. The molecule has 0 aliphatic heterocycles. The van der Waals surface area contributed by atoms with Crippen molar-refractivity contribution in [1.82, 2.24) is 4.90 Å². The van der Waals surface area contributed by atoms with Gasteiger partial charge in [-0.25, -0.2) is 9.69 Å². The molecular weight excluding hydrogens is 456 g/mol. The lowest BCUT2D eigenvalue weighted by atomic mass is 9.90. The standard InChI is InChI=1S/C29H44N2O5/c1-8-19(4)25(30)27(34)31(28(35)36-29(5,6)7)23(26(33)24(32)15-18(2)3)17-20-13-14-21-11-9-10-12-22(21)16-20/h9-14,16,18-19,23-26,32-33H,8,15,17,30H2,1-7H3/t19-,23-,24-,25-,26+/m0/s1. The first kappa shape index (κ1) is 29.7. The van der Waals surface area contributed by atoms with E-state index >= 15 is 0 Å². The number of rotatable bonds is 10. The maximum Gasteiger partial charge on any atom is 0.417 e. The van der Waals surface area contributed by atoms with Gasteiger partial charge < -0.3 is 20.7 Å². The van der Waals surface area contributed by atoms with Gasteiger partial charge in [-0.05, 0) is 61.8 Å². The number of imide groups is 1. The Balaban J connectivity index is 2.58. The van der Waals surface area contributed by atoms with Crippen LogP contribution >= 0.6 is 0 Å². The van der Waals surface area contributed by atoms with Crippen LogP contribution in [0.15, 0.2) is 42.5 Å². The summed E-state index contributed by atoms with van der Waals surface area (Å²) >= 11 is 0. The lowest BCUT2D eigenvalue weighted by Gasteiger charge is -2.38. The Labute approximate surface area is 215 Å². The average molecular weight is 501 g/mol. The number of aliphatic hydroxyl groups excluding tert-OH is 2. The van der Waals surface area contributed by atoms with Gasteiger partial charge in [0, 0.05) is 0 Å². The molecule has 0 heterocycles. The van der Waals surface area contributed by atoms with E-state index in [0.717, 1.165) is 21.2 Å². The molecule has 7 heteroatoms.